The van der Waals surface area contributed by atoms with E-state index in [9.17, 15) is 9.90 Å². The zero-order chi connectivity index (χ0) is 12.5. The smallest absolute Gasteiger partial charge is 0.230 e. The minimum absolute atomic E-state index is 0.0894. The van der Waals surface area contributed by atoms with Gasteiger partial charge in [0.1, 0.15) is 0 Å². The number of ether oxygens (including phenoxy) is 1. The second-order valence-electron chi connectivity index (χ2n) is 5.47. The highest BCUT2D eigenvalue weighted by Gasteiger charge is 2.45. The summed E-state index contributed by atoms with van der Waals surface area (Å²) in [6, 6.07) is -0.385. The van der Waals surface area contributed by atoms with Crippen LogP contribution in [-0.2, 0) is 9.53 Å². The first kappa shape index (κ1) is 12.8. The number of hydrogen-bond donors (Lipinski definition) is 3. The van der Waals surface area contributed by atoms with Crippen LogP contribution in [-0.4, -0.2) is 42.4 Å². The molecule has 0 aromatic heterocycles. The summed E-state index contributed by atoms with van der Waals surface area (Å²) in [7, 11) is 0. The van der Waals surface area contributed by atoms with E-state index in [0.717, 1.165) is 25.7 Å². The lowest BCUT2D eigenvalue weighted by molar-refractivity contribution is -0.132. The monoisotopic (exact) mass is 242 g/mol. The topological polar surface area (TPSA) is 84.6 Å². The van der Waals surface area contributed by atoms with Crippen molar-refractivity contribution in [2.24, 2.45) is 11.1 Å². The number of rotatable bonds is 2. The molecule has 4 atom stereocenters. The Morgan fingerprint density at radius 3 is 2.76 bits per heavy atom. The Kier molecular flexibility index (Phi) is 3.70. The maximum absolute atomic E-state index is 12.2. The van der Waals surface area contributed by atoms with Gasteiger partial charge in [-0.25, -0.2) is 0 Å². The van der Waals surface area contributed by atoms with Gasteiger partial charge in [-0.15, -0.1) is 0 Å². The summed E-state index contributed by atoms with van der Waals surface area (Å²) in [6.45, 7) is 2.62. The van der Waals surface area contributed by atoms with E-state index in [1.54, 1.807) is 0 Å². The third kappa shape index (κ3) is 2.46. The SMILES string of the molecule is CC1(C(=O)NC2CCCCC2O)COCC1N. The predicted octanol–water partition coefficient (Wildman–Crippen LogP) is -0.230. The van der Waals surface area contributed by atoms with Gasteiger partial charge in [-0.05, 0) is 19.8 Å². The van der Waals surface area contributed by atoms with E-state index >= 15 is 0 Å². The van der Waals surface area contributed by atoms with Crippen molar-refractivity contribution in [2.45, 2.75) is 50.8 Å². The molecule has 17 heavy (non-hydrogen) atoms. The lowest BCUT2D eigenvalue weighted by Gasteiger charge is -2.33. The van der Waals surface area contributed by atoms with Gasteiger partial charge in [-0.2, -0.15) is 0 Å². The summed E-state index contributed by atoms with van der Waals surface area (Å²) in [5.74, 6) is -0.0894. The largest absolute Gasteiger partial charge is 0.391 e. The highest BCUT2D eigenvalue weighted by atomic mass is 16.5. The molecule has 0 bridgehead atoms. The summed E-state index contributed by atoms with van der Waals surface area (Å²) in [5, 5.41) is 12.8. The van der Waals surface area contributed by atoms with Gasteiger partial charge in [-0.1, -0.05) is 12.8 Å². The quantitative estimate of drug-likeness (QED) is 0.624. The fraction of sp³-hybridized carbons (Fsp3) is 0.917. The molecule has 0 aromatic carbocycles. The first-order chi connectivity index (χ1) is 8.04. The molecule has 2 rings (SSSR count). The van der Waals surface area contributed by atoms with Gasteiger partial charge in [-0.3, -0.25) is 4.79 Å². The molecule has 1 aliphatic heterocycles. The van der Waals surface area contributed by atoms with Crippen LogP contribution in [0.25, 0.3) is 0 Å². The zero-order valence-corrected chi connectivity index (χ0v) is 10.3. The second kappa shape index (κ2) is 4.92. The van der Waals surface area contributed by atoms with Gasteiger partial charge in [0.25, 0.3) is 0 Å². The van der Waals surface area contributed by atoms with Crippen molar-refractivity contribution in [3.63, 3.8) is 0 Å². The fourth-order valence-corrected chi connectivity index (χ4v) is 2.54. The van der Waals surface area contributed by atoms with E-state index < -0.39 is 11.5 Å². The van der Waals surface area contributed by atoms with Crippen LogP contribution < -0.4 is 11.1 Å². The Labute approximate surface area is 102 Å². The first-order valence-electron chi connectivity index (χ1n) is 6.36. The van der Waals surface area contributed by atoms with Gasteiger partial charge in [0.2, 0.25) is 5.91 Å². The summed E-state index contributed by atoms with van der Waals surface area (Å²) < 4.78 is 5.26. The van der Waals surface area contributed by atoms with E-state index in [4.69, 9.17) is 10.5 Å². The Bertz CT molecular complexity index is 297. The number of nitrogens with two attached hydrogens (primary N) is 1. The maximum atomic E-state index is 12.2. The van der Waals surface area contributed by atoms with Crippen LogP contribution in [0.1, 0.15) is 32.6 Å². The van der Waals surface area contributed by atoms with Crippen LogP contribution in [0.15, 0.2) is 0 Å². The zero-order valence-electron chi connectivity index (χ0n) is 10.3. The highest BCUT2D eigenvalue weighted by molar-refractivity contribution is 5.84. The van der Waals surface area contributed by atoms with Crippen LogP contribution in [0.5, 0.6) is 0 Å². The van der Waals surface area contributed by atoms with Crippen molar-refractivity contribution >= 4 is 5.91 Å². The van der Waals surface area contributed by atoms with Gasteiger partial charge in [0, 0.05) is 6.04 Å². The van der Waals surface area contributed by atoms with E-state index in [-0.39, 0.29) is 18.0 Å². The molecule has 4 unspecified atom stereocenters. The average molecular weight is 242 g/mol. The molecule has 98 valence electrons. The molecular weight excluding hydrogens is 220 g/mol. The number of hydrogen-bond acceptors (Lipinski definition) is 4. The molecule has 0 radical (unpaired) electrons. The summed E-state index contributed by atoms with van der Waals surface area (Å²) in [5.41, 5.74) is 5.25. The lowest BCUT2D eigenvalue weighted by Crippen LogP contribution is -2.55. The highest BCUT2D eigenvalue weighted by Crippen LogP contribution is 2.28. The van der Waals surface area contributed by atoms with Crippen molar-refractivity contribution in [3.05, 3.63) is 0 Å². The molecule has 1 heterocycles. The number of carbonyl (C=O) groups excluding carboxylic acids is 1. The molecule has 1 saturated carbocycles. The van der Waals surface area contributed by atoms with Crippen molar-refractivity contribution in [1.82, 2.24) is 5.32 Å². The van der Waals surface area contributed by atoms with Crippen LogP contribution in [0.2, 0.25) is 0 Å². The molecule has 1 amide bonds. The van der Waals surface area contributed by atoms with Gasteiger partial charge >= 0.3 is 0 Å². The molecule has 5 heteroatoms. The number of aliphatic hydroxyl groups is 1. The number of aliphatic hydroxyl groups excluding tert-OH is 1. The first-order valence-corrected chi connectivity index (χ1v) is 6.36. The van der Waals surface area contributed by atoms with Crippen molar-refractivity contribution in [2.75, 3.05) is 13.2 Å². The minimum Gasteiger partial charge on any atom is -0.391 e. The van der Waals surface area contributed by atoms with Gasteiger partial charge in [0.05, 0.1) is 30.8 Å². The van der Waals surface area contributed by atoms with Crippen LogP contribution in [0.3, 0.4) is 0 Å². The third-order valence-electron chi connectivity index (χ3n) is 4.08. The van der Waals surface area contributed by atoms with E-state index in [1.807, 2.05) is 6.92 Å². The Morgan fingerprint density at radius 1 is 1.47 bits per heavy atom. The number of amides is 1. The second-order valence-corrected chi connectivity index (χ2v) is 5.47. The molecular formula is C12H22N2O3. The average Bonchev–Trinajstić information content (AvgIpc) is 2.64. The number of nitrogens with one attached hydrogen (secondary N) is 1. The Hall–Kier alpha value is -0.650. The Morgan fingerprint density at radius 2 is 2.18 bits per heavy atom. The molecule has 0 spiro atoms. The molecule has 5 nitrogen and oxygen atoms in total. The summed E-state index contributed by atoms with van der Waals surface area (Å²) >= 11 is 0. The third-order valence-corrected chi connectivity index (χ3v) is 4.08. The van der Waals surface area contributed by atoms with E-state index in [2.05, 4.69) is 5.32 Å². The lowest BCUT2D eigenvalue weighted by atomic mass is 9.83. The predicted molar refractivity (Wildman–Crippen MR) is 63.3 cm³/mol. The van der Waals surface area contributed by atoms with E-state index in [0.29, 0.717) is 13.2 Å². The van der Waals surface area contributed by atoms with Crippen molar-refractivity contribution in [3.8, 4) is 0 Å². The van der Waals surface area contributed by atoms with Crippen LogP contribution >= 0.6 is 0 Å². The molecule has 2 fully saturated rings. The molecule has 0 aromatic rings. The van der Waals surface area contributed by atoms with Gasteiger partial charge < -0.3 is 20.9 Å². The fourth-order valence-electron chi connectivity index (χ4n) is 2.54. The van der Waals surface area contributed by atoms with Crippen molar-refractivity contribution in [1.29, 1.82) is 0 Å². The van der Waals surface area contributed by atoms with Crippen LogP contribution in [0.4, 0.5) is 0 Å². The van der Waals surface area contributed by atoms with Crippen molar-refractivity contribution < 1.29 is 14.6 Å². The summed E-state index contributed by atoms with van der Waals surface area (Å²) in [4.78, 5) is 12.2. The maximum Gasteiger partial charge on any atom is 0.230 e. The Balaban J connectivity index is 1.96. The standard InChI is InChI=1S/C12H22N2O3/c1-12(7-17-6-10(12)13)11(16)14-8-4-2-3-5-9(8)15/h8-10,15H,2-7,13H2,1H3,(H,14,16). The van der Waals surface area contributed by atoms with Crippen LogP contribution in [0, 0.1) is 5.41 Å². The number of carbonyl (C=O) groups is 1. The normalized spacial score (nSPS) is 42.4. The molecule has 1 saturated heterocycles. The molecule has 1 aliphatic carbocycles. The van der Waals surface area contributed by atoms with E-state index in [1.165, 1.54) is 0 Å². The molecule has 4 N–H and O–H groups in total. The summed E-state index contributed by atoms with van der Waals surface area (Å²) in [6.07, 6.45) is 3.28. The molecule has 2 aliphatic rings. The minimum atomic E-state index is -0.656. The van der Waals surface area contributed by atoms with Gasteiger partial charge in [0.15, 0.2) is 0 Å².